The normalized spacial score (nSPS) is 14.3. The van der Waals surface area contributed by atoms with Crippen molar-refractivity contribution in [3.05, 3.63) is 63.9 Å². The number of urea groups is 1. The first-order valence-corrected chi connectivity index (χ1v) is 7.40. The highest BCUT2D eigenvalue weighted by molar-refractivity contribution is 9.10. The fraction of sp³-hybridized carbons (Fsp3) is 0.188. The second-order valence-corrected chi connectivity index (χ2v) is 5.94. The predicted molar refractivity (Wildman–Crippen MR) is 83.6 cm³/mol. The molecule has 2 amide bonds. The molecule has 0 unspecified atom stereocenters. The number of fused-ring (bicyclic) bond motifs is 1. The number of carbonyl (C=O) groups is 1. The van der Waals surface area contributed by atoms with Crippen molar-refractivity contribution in [1.29, 1.82) is 0 Å². The summed E-state index contributed by atoms with van der Waals surface area (Å²) < 4.78 is 14.0. The number of nitrogens with zero attached hydrogens (tertiary/aromatic N) is 2. The molecule has 0 spiro atoms. The van der Waals surface area contributed by atoms with Gasteiger partial charge < -0.3 is 4.90 Å². The Balaban J connectivity index is 1.99. The standard InChI is InChI=1S/C16H14BrFN2O/c1-19-10-13-14(17)3-2-4-15(13)20(16(19)21)9-11-5-7-12(18)8-6-11/h2-8H,9-10H2,1H3. The van der Waals surface area contributed by atoms with Gasteiger partial charge >= 0.3 is 6.03 Å². The zero-order valence-corrected chi connectivity index (χ0v) is 13.1. The van der Waals surface area contributed by atoms with Crippen LogP contribution in [0.5, 0.6) is 0 Å². The minimum absolute atomic E-state index is 0.0510. The number of rotatable bonds is 2. The number of hydrogen-bond donors (Lipinski definition) is 0. The third-order valence-electron chi connectivity index (χ3n) is 3.59. The van der Waals surface area contributed by atoms with E-state index in [0.29, 0.717) is 13.1 Å². The van der Waals surface area contributed by atoms with Gasteiger partial charge in [0.15, 0.2) is 0 Å². The van der Waals surface area contributed by atoms with Crippen LogP contribution in [0, 0.1) is 5.82 Å². The van der Waals surface area contributed by atoms with Crippen LogP contribution in [0.2, 0.25) is 0 Å². The van der Waals surface area contributed by atoms with Gasteiger partial charge in [-0.15, -0.1) is 0 Å². The van der Waals surface area contributed by atoms with Gasteiger partial charge in [0.1, 0.15) is 5.82 Å². The lowest BCUT2D eigenvalue weighted by molar-refractivity contribution is 0.210. The average Bonchev–Trinajstić information content (AvgIpc) is 2.47. The Labute approximate surface area is 131 Å². The number of amides is 2. The van der Waals surface area contributed by atoms with Crippen molar-refractivity contribution in [3.8, 4) is 0 Å². The van der Waals surface area contributed by atoms with Crippen molar-refractivity contribution >= 4 is 27.6 Å². The van der Waals surface area contributed by atoms with Gasteiger partial charge in [-0.25, -0.2) is 9.18 Å². The summed E-state index contributed by atoms with van der Waals surface area (Å²) >= 11 is 3.54. The van der Waals surface area contributed by atoms with Crippen LogP contribution in [0.15, 0.2) is 46.9 Å². The van der Waals surface area contributed by atoms with Crippen molar-refractivity contribution in [2.45, 2.75) is 13.1 Å². The third kappa shape index (κ3) is 2.65. The lowest BCUT2D eigenvalue weighted by Gasteiger charge is -2.35. The lowest BCUT2D eigenvalue weighted by atomic mass is 10.1. The van der Waals surface area contributed by atoms with Crippen molar-refractivity contribution in [3.63, 3.8) is 0 Å². The molecular weight excluding hydrogens is 335 g/mol. The van der Waals surface area contributed by atoms with Gasteiger partial charge in [0.25, 0.3) is 0 Å². The van der Waals surface area contributed by atoms with Crippen molar-refractivity contribution in [2.24, 2.45) is 0 Å². The average molecular weight is 349 g/mol. The molecule has 3 nitrogen and oxygen atoms in total. The van der Waals surface area contributed by atoms with Crippen molar-refractivity contribution < 1.29 is 9.18 Å². The smallest absolute Gasteiger partial charge is 0.323 e. The van der Waals surface area contributed by atoms with Crippen LogP contribution in [0.25, 0.3) is 0 Å². The van der Waals surface area contributed by atoms with E-state index >= 15 is 0 Å². The fourth-order valence-corrected chi connectivity index (χ4v) is 2.98. The third-order valence-corrected chi connectivity index (χ3v) is 4.33. The molecule has 0 aliphatic carbocycles. The van der Waals surface area contributed by atoms with Gasteiger partial charge in [-0.3, -0.25) is 4.90 Å². The molecule has 2 aromatic carbocycles. The SMILES string of the molecule is CN1Cc2c(Br)cccc2N(Cc2ccc(F)cc2)C1=O. The highest BCUT2D eigenvalue weighted by Gasteiger charge is 2.29. The van der Waals surface area contributed by atoms with Crippen LogP contribution in [0.4, 0.5) is 14.9 Å². The summed E-state index contributed by atoms with van der Waals surface area (Å²) in [4.78, 5) is 15.8. The first-order valence-electron chi connectivity index (χ1n) is 6.61. The quantitative estimate of drug-likeness (QED) is 0.799. The molecule has 5 heteroatoms. The van der Waals surface area contributed by atoms with Crippen molar-refractivity contribution in [2.75, 3.05) is 11.9 Å². The summed E-state index contributed by atoms with van der Waals surface area (Å²) in [5.41, 5.74) is 2.88. The highest BCUT2D eigenvalue weighted by Crippen LogP contribution is 2.34. The molecule has 1 aliphatic rings. The van der Waals surface area contributed by atoms with Crippen LogP contribution in [0.3, 0.4) is 0 Å². The Morgan fingerprint density at radius 1 is 1.19 bits per heavy atom. The van der Waals surface area contributed by atoms with Gasteiger partial charge in [0.2, 0.25) is 0 Å². The maximum absolute atomic E-state index is 13.0. The monoisotopic (exact) mass is 348 g/mol. The van der Waals surface area contributed by atoms with E-state index in [1.165, 1.54) is 12.1 Å². The van der Waals surface area contributed by atoms with E-state index in [-0.39, 0.29) is 11.8 Å². The molecule has 0 atom stereocenters. The molecule has 0 N–H and O–H groups in total. The number of anilines is 1. The predicted octanol–water partition coefficient (Wildman–Crippen LogP) is 4.16. The summed E-state index contributed by atoms with van der Waals surface area (Å²) in [6, 6.07) is 12.0. The van der Waals surface area contributed by atoms with E-state index in [2.05, 4.69) is 15.9 Å². The summed E-state index contributed by atoms with van der Waals surface area (Å²) in [7, 11) is 1.78. The number of halogens is 2. The molecule has 0 bridgehead atoms. The van der Waals surface area contributed by atoms with Gasteiger partial charge in [-0.2, -0.15) is 0 Å². The summed E-state index contributed by atoms with van der Waals surface area (Å²) in [5.74, 6) is -0.274. The first-order chi connectivity index (χ1) is 10.1. The zero-order valence-electron chi connectivity index (χ0n) is 11.5. The first kappa shape index (κ1) is 14.1. The van der Waals surface area contributed by atoms with E-state index < -0.39 is 0 Å². The van der Waals surface area contributed by atoms with Crippen LogP contribution in [0.1, 0.15) is 11.1 Å². The van der Waals surface area contributed by atoms with E-state index in [1.54, 1.807) is 29.0 Å². The molecule has 0 fully saturated rings. The largest absolute Gasteiger partial charge is 0.324 e. The van der Waals surface area contributed by atoms with Gasteiger partial charge in [0, 0.05) is 17.1 Å². The summed E-state index contributed by atoms with van der Waals surface area (Å²) in [5, 5.41) is 0. The van der Waals surface area contributed by atoms with E-state index in [1.807, 2.05) is 18.2 Å². The molecule has 0 saturated carbocycles. The molecular formula is C16H14BrFN2O. The maximum Gasteiger partial charge on any atom is 0.324 e. The van der Waals surface area contributed by atoms with E-state index in [4.69, 9.17) is 0 Å². The Kier molecular flexibility index (Phi) is 3.68. The minimum Gasteiger partial charge on any atom is -0.323 e. The van der Waals surface area contributed by atoms with Gasteiger partial charge in [0.05, 0.1) is 18.8 Å². The molecule has 0 aromatic heterocycles. The molecule has 21 heavy (non-hydrogen) atoms. The number of benzene rings is 2. The number of hydrogen-bond acceptors (Lipinski definition) is 1. The Morgan fingerprint density at radius 3 is 2.62 bits per heavy atom. The molecule has 3 rings (SSSR count). The molecule has 2 aromatic rings. The zero-order chi connectivity index (χ0) is 15.0. The van der Waals surface area contributed by atoms with Crippen LogP contribution < -0.4 is 4.90 Å². The molecule has 0 saturated heterocycles. The fourth-order valence-electron chi connectivity index (χ4n) is 2.50. The molecule has 1 aliphatic heterocycles. The molecule has 1 heterocycles. The Bertz CT molecular complexity index is 687. The summed E-state index contributed by atoms with van der Waals surface area (Å²) in [6.07, 6.45) is 0. The van der Waals surface area contributed by atoms with Crippen LogP contribution in [-0.2, 0) is 13.1 Å². The van der Waals surface area contributed by atoms with Gasteiger partial charge in [-0.1, -0.05) is 34.1 Å². The Morgan fingerprint density at radius 2 is 1.90 bits per heavy atom. The molecule has 108 valence electrons. The second-order valence-electron chi connectivity index (χ2n) is 5.09. The highest BCUT2D eigenvalue weighted by atomic mass is 79.9. The maximum atomic E-state index is 13.0. The van der Waals surface area contributed by atoms with Crippen LogP contribution >= 0.6 is 15.9 Å². The van der Waals surface area contributed by atoms with E-state index in [0.717, 1.165) is 21.3 Å². The Hall–Kier alpha value is -1.88. The topological polar surface area (TPSA) is 23.6 Å². The van der Waals surface area contributed by atoms with Crippen LogP contribution in [-0.4, -0.2) is 18.0 Å². The van der Waals surface area contributed by atoms with Crippen molar-refractivity contribution in [1.82, 2.24) is 4.90 Å². The molecule has 0 radical (unpaired) electrons. The van der Waals surface area contributed by atoms with Gasteiger partial charge in [-0.05, 0) is 29.8 Å². The number of carbonyl (C=O) groups excluding carboxylic acids is 1. The minimum atomic E-state index is -0.274. The van der Waals surface area contributed by atoms with E-state index in [9.17, 15) is 9.18 Å². The summed E-state index contributed by atoms with van der Waals surface area (Å²) in [6.45, 7) is 1.00. The lowest BCUT2D eigenvalue weighted by Crippen LogP contribution is -2.44. The second kappa shape index (κ2) is 5.48.